The highest BCUT2D eigenvalue weighted by Crippen LogP contribution is 2.40. The molecule has 1 atom stereocenters. The molecule has 7 heteroatoms. The van der Waals surface area contributed by atoms with Crippen molar-refractivity contribution < 1.29 is 14.3 Å². The Kier molecular flexibility index (Phi) is 5.75. The molecule has 2 amide bonds. The molecule has 0 bridgehead atoms. The van der Waals surface area contributed by atoms with Crippen molar-refractivity contribution in [3.63, 3.8) is 0 Å². The van der Waals surface area contributed by atoms with Gasteiger partial charge in [-0.25, -0.2) is 0 Å². The number of para-hydroxylation sites is 1. The molecule has 0 radical (unpaired) electrons. The molecule has 0 saturated carbocycles. The zero-order chi connectivity index (χ0) is 24.0. The first-order valence-corrected chi connectivity index (χ1v) is 11.6. The normalized spacial score (nSPS) is 20.6. The predicted octanol–water partition coefficient (Wildman–Crippen LogP) is 2.62. The van der Waals surface area contributed by atoms with Gasteiger partial charge in [-0.1, -0.05) is 24.3 Å². The number of hydrogen-bond acceptors (Lipinski definition) is 5. The molecular weight excluding hydrogens is 428 g/mol. The Labute approximate surface area is 199 Å². The Balaban J connectivity index is 1.64. The van der Waals surface area contributed by atoms with E-state index in [9.17, 15) is 9.59 Å². The summed E-state index contributed by atoms with van der Waals surface area (Å²) in [6.07, 6.45) is 9.08. The van der Waals surface area contributed by atoms with Gasteiger partial charge in [-0.05, 0) is 56.4 Å². The minimum Gasteiger partial charge on any atom is -0.497 e. The fourth-order valence-corrected chi connectivity index (χ4v) is 5.25. The lowest BCUT2D eigenvalue weighted by atomic mass is 9.91. The van der Waals surface area contributed by atoms with Gasteiger partial charge in [-0.3, -0.25) is 19.8 Å². The fraction of sp³-hybridized carbons (Fsp3) is 0.333. The summed E-state index contributed by atoms with van der Waals surface area (Å²) >= 11 is 0. The van der Waals surface area contributed by atoms with Crippen molar-refractivity contribution in [2.45, 2.75) is 12.5 Å². The van der Waals surface area contributed by atoms with Gasteiger partial charge in [-0.2, -0.15) is 0 Å². The van der Waals surface area contributed by atoms with Crippen molar-refractivity contribution in [3.8, 4) is 0 Å². The van der Waals surface area contributed by atoms with Crippen molar-refractivity contribution in [1.29, 1.82) is 0 Å². The molecule has 1 aromatic heterocycles. The smallest absolute Gasteiger partial charge is 0.259 e. The third-order valence-electron chi connectivity index (χ3n) is 6.85. The van der Waals surface area contributed by atoms with Gasteiger partial charge in [0.15, 0.2) is 0 Å². The van der Waals surface area contributed by atoms with Crippen LogP contribution in [0.1, 0.15) is 12.0 Å². The number of hydrogen-bond donors (Lipinski definition) is 1. The number of allylic oxidation sites excluding steroid dienone is 1. The number of carbonyl (C=O) groups excluding carboxylic acids is 2. The van der Waals surface area contributed by atoms with Gasteiger partial charge in [0.05, 0.1) is 24.3 Å². The van der Waals surface area contributed by atoms with Crippen LogP contribution in [-0.4, -0.2) is 73.1 Å². The Morgan fingerprint density at radius 1 is 1.15 bits per heavy atom. The van der Waals surface area contributed by atoms with E-state index in [1.165, 1.54) is 0 Å². The van der Waals surface area contributed by atoms with E-state index in [0.717, 1.165) is 52.9 Å². The van der Waals surface area contributed by atoms with Crippen LogP contribution in [0.5, 0.6) is 0 Å². The molecule has 2 aromatic rings. The maximum absolute atomic E-state index is 13.2. The van der Waals surface area contributed by atoms with Crippen molar-refractivity contribution in [3.05, 3.63) is 76.7 Å². The monoisotopic (exact) mass is 458 g/mol. The molecule has 1 aromatic carbocycles. The molecule has 1 N–H and O–H groups in total. The number of fused-ring (bicyclic) bond motifs is 2. The van der Waals surface area contributed by atoms with Crippen LogP contribution in [-0.2, 0) is 21.4 Å². The number of amides is 2. The minimum absolute atomic E-state index is 0.0563. The zero-order valence-electron chi connectivity index (χ0n) is 20.1. The summed E-state index contributed by atoms with van der Waals surface area (Å²) in [7, 11) is 7.75. The number of carbonyl (C=O) groups is 2. The maximum atomic E-state index is 13.2. The van der Waals surface area contributed by atoms with Crippen LogP contribution in [0.3, 0.4) is 0 Å². The molecule has 7 nitrogen and oxygen atoms in total. The molecule has 0 saturated heterocycles. The SMILES string of the molecule is COC1=CC2=C(C3=C(c4cn(C)c5ccccc45)C(=O)NC3=O)CN(CCCN(C)C)C2C=C1. The molecule has 176 valence electrons. The summed E-state index contributed by atoms with van der Waals surface area (Å²) in [5.74, 6) is 0.0801. The van der Waals surface area contributed by atoms with E-state index in [1.54, 1.807) is 7.11 Å². The predicted molar refractivity (Wildman–Crippen MR) is 133 cm³/mol. The Bertz CT molecular complexity index is 1310. The summed E-state index contributed by atoms with van der Waals surface area (Å²) in [6, 6.07) is 8.01. The van der Waals surface area contributed by atoms with Crippen molar-refractivity contribution in [1.82, 2.24) is 19.7 Å². The van der Waals surface area contributed by atoms with Crippen LogP contribution in [0.4, 0.5) is 0 Å². The van der Waals surface area contributed by atoms with Crippen molar-refractivity contribution in [2.75, 3.05) is 40.8 Å². The number of methoxy groups -OCH3 is 1. The number of aromatic nitrogens is 1. The van der Waals surface area contributed by atoms with Crippen molar-refractivity contribution in [2.24, 2.45) is 7.05 Å². The first-order chi connectivity index (χ1) is 16.4. The Morgan fingerprint density at radius 2 is 1.91 bits per heavy atom. The molecule has 0 fully saturated rings. The molecule has 34 heavy (non-hydrogen) atoms. The Morgan fingerprint density at radius 3 is 2.68 bits per heavy atom. The van der Waals surface area contributed by atoms with Crippen LogP contribution in [0, 0.1) is 0 Å². The number of nitrogens with one attached hydrogen (secondary N) is 1. The summed E-state index contributed by atoms with van der Waals surface area (Å²) in [5, 5.41) is 3.53. The number of ether oxygens (including phenoxy) is 1. The highest BCUT2D eigenvalue weighted by Gasteiger charge is 2.41. The number of rotatable bonds is 7. The van der Waals surface area contributed by atoms with E-state index in [4.69, 9.17) is 4.74 Å². The third-order valence-corrected chi connectivity index (χ3v) is 6.85. The van der Waals surface area contributed by atoms with Gasteiger partial charge in [0.1, 0.15) is 5.76 Å². The number of nitrogens with zero attached hydrogens (tertiary/aromatic N) is 3. The number of imide groups is 1. The molecule has 3 heterocycles. The summed E-state index contributed by atoms with van der Waals surface area (Å²) in [5.41, 5.74) is 4.68. The average molecular weight is 459 g/mol. The van der Waals surface area contributed by atoms with Crippen LogP contribution in [0.2, 0.25) is 0 Å². The van der Waals surface area contributed by atoms with E-state index in [0.29, 0.717) is 17.7 Å². The minimum atomic E-state index is -0.339. The van der Waals surface area contributed by atoms with Gasteiger partial charge in [-0.15, -0.1) is 0 Å². The molecule has 1 unspecified atom stereocenters. The molecule has 3 aliphatic rings. The first kappa shape index (κ1) is 22.4. The molecular formula is C27H30N4O3. The second-order valence-corrected chi connectivity index (χ2v) is 9.32. The summed E-state index contributed by atoms with van der Waals surface area (Å²) in [4.78, 5) is 30.9. The van der Waals surface area contributed by atoms with Gasteiger partial charge in [0.2, 0.25) is 0 Å². The van der Waals surface area contributed by atoms with Crippen LogP contribution in [0.15, 0.2) is 71.2 Å². The van der Waals surface area contributed by atoms with E-state index in [-0.39, 0.29) is 17.9 Å². The quantitative estimate of drug-likeness (QED) is 0.647. The number of aryl methyl sites for hydroxylation is 1. The standard InChI is InChI=1S/C27H30N4O3/c1-29(2)12-7-13-31-16-21(19-14-17(34-4)10-11-23(19)31)25-24(26(32)28-27(25)33)20-15-30(3)22-9-6-5-8-18(20)22/h5-6,8-11,14-15,23H,7,12-13,16H2,1-4H3,(H,28,32,33). The number of benzene rings is 1. The van der Waals surface area contributed by atoms with E-state index in [1.807, 2.05) is 54.2 Å². The topological polar surface area (TPSA) is 66.8 Å². The van der Waals surface area contributed by atoms with Gasteiger partial charge in [0.25, 0.3) is 11.8 Å². The second kappa shape index (κ2) is 8.74. The van der Waals surface area contributed by atoms with E-state index < -0.39 is 0 Å². The second-order valence-electron chi connectivity index (χ2n) is 9.32. The van der Waals surface area contributed by atoms with Crippen molar-refractivity contribution >= 4 is 28.3 Å². The molecule has 2 aliphatic heterocycles. The lowest BCUT2D eigenvalue weighted by molar-refractivity contribution is -0.123. The third kappa shape index (κ3) is 3.71. The van der Waals surface area contributed by atoms with E-state index in [2.05, 4.69) is 35.3 Å². The zero-order valence-corrected chi connectivity index (χ0v) is 20.1. The van der Waals surface area contributed by atoms with Gasteiger partial charge in [0, 0.05) is 42.8 Å². The maximum Gasteiger partial charge on any atom is 0.259 e. The molecule has 1 aliphatic carbocycles. The van der Waals surface area contributed by atoms with E-state index >= 15 is 0 Å². The van der Waals surface area contributed by atoms with Gasteiger partial charge < -0.3 is 14.2 Å². The first-order valence-electron chi connectivity index (χ1n) is 11.6. The highest BCUT2D eigenvalue weighted by atomic mass is 16.5. The molecule has 5 rings (SSSR count). The summed E-state index contributed by atoms with van der Waals surface area (Å²) in [6.45, 7) is 2.48. The average Bonchev–Trinajstić information content (AvgIpc) is 3.44. The Hall–Kier alpha value is -3.42. The van der Waals surface area contributed by atoms with Crippen LogP contribution < -0.4 is 5.32 Å². The van der Waals surface area contributed by atoms with Crippen LogP contribution >= 0.6 is 0 Å². The van der Waals surface area contributed by atoms with Gasteiger partial charge >= 0.3 is 0 Å². The van der Waals surface area contributed by atoms with Crippen LogP contribution in [0.25, 0.3) is 16.5 Å². The summed E-state index contributed by atoms with van der Waals surface area (Å²) < 4.78 is 7.51. The lowest BCUT2D eigenvalue weighted by Gasteiger charge is -2.26. The highest BCUT2D eigenvalue weighted by molar-refractivity contribution is 6.39. The molecule has 0 spiro atoms. The lowest BCUT2D eigenvalue weighted by Crippen LogP contribution is -2.33. The fourth-order valence-electron chi connectivity index (χ4n) is 5.25. The largest absolute Gasteiger partial charge is 0.497 e.